The van der Waals surface area contributed by atoms with Crippen molar-refractivity contribution in [3.63, 3.8) is 0 Å². The average Bonchev–Trinajstić information content (AvgIpc) is 3.57. The van der Waals surface area contributed by atoms with E-state index in [2.05, 4.69) is 37.6 Å². The first-order valence-corrected chi connectivity index (χ1v) is 12.6. The Morgan fingerprint density at radius 3 is 2.83 bits per heavy atom. The summed E-state index contributed by atoms with van der Waals surface area (Å²) in [5.74, 6) is -0.421. The van der Waals surface area contributed by atoms with Crippen LogP contribution in [0.2, 0.25) is 0 Å². The van der Waals surface area contributed by atoms with Gasteiger partial charge in [0.2, 0.25) is 5.91 Å². The molecule has 4 aromatic heterocycles. The second-order valence-electron chi connectivity index (χ2n) is 8.77. The number of anilines is 2. The zero-order chi connectivity index (χ0) is 25.2. The van der Waals surface area contributed by atoms with E-state index in [1.807, 2.05) is 19.4 Å². The van der Waals surface area contributed by atoms with Gasteiger partial charge in [-0.25, -0.2) is 4.52 Å². The molecule has 0 unspecified atom stereocenters. The topological polar surface area (TPSA) is 119 Å². The van der Waals surface area contributed by atoms with Gasteiger partial charge < -0.3 is 15.4 Å². The maximum absolute atomic E-state index is 13.1. The third-order valence-corrected chi connectivity index (χ3v) is 7.38. The van der Waals surface area contributed by atoms with Crippen molar-refractivity contribution in [1.82, 2.24) is 29.3 Å². The molecule has 36 heavy (non-hydrogen) atoms. The van der Waals surface area contributed by atoms with E-state index in [0.717, 1.165) is 28.2 Å². The molecule has 1 saturated heterocycles. The van der Waals surface area contributed by atoms with Gasteiger partial charge in [0.25, 0.3) is 5.91 Å². The number of thiazole rings is 1. The summed E-state index contributed by atoms with van der Waals surface area (Å²) in [6.45, 7) is 6.17. The summed E-state index contributed by atoms with van der Waals surface area (Å²) >= 11 is 1.47. The van der Waals surface area contributed by atoms with E-state index in [1.54, 1.807) is 40.8 Å². The van der Waals surface area contributed by atoms with Crippen molar-refractivity contribution in [2.75, 3.05) is 36.9 Å². The van der Waals surface area contributed by atoms with Gasteiger partial charge in [-0.3, -0.25) is 24.2 Å². The highest BCUT2D eigenvalue weighted by atomic mass is 32.1. The van der Waals surface area contributed by atoms with Gasteiger partial charge in [-0.15, -0.1) is 11.3 Å². The zero-order valence-electron chi connectivity index (χ0n) is 20.4. The smallest absolute Gasteiger partial charge is 0.260 e. The minimum Gasteiger partial charge on any atom is -0.378 e. The summed E-state index contributed by atoms with van der Waals surface area (Å²) in [6.07, 6.45) is 9.65. The van der Waals surface area contributed by atoms with Crippen LogP contribution in [0.4, 0.5) is 11.4 Å². The first-order valence-electron chi connectivity index (χ1n) is 11.8. The van der Waals surface area contributed by atoms with E-state index >= 15 is 0 Å². The van der Waals surface area contributed by atoms with Crippen molar-refractivity contribution in [2.45, 2.75) is 26.3 Å². The monoisotopic (exact) mass is 508 g/mol. The summed E-state index contributed by atoms with van der Waals surface area (Å²) in [5.41, 5.74) is 3.12. The Bertz CT molecular complexity index is 1410. The van der Waals surface area contributed by atoms with Crippen LogP contribution in [0.3, 0.4) is 0 Å². The molecule has 0 radical (unpaired) electrons. The standard InChI is InChI=1S/C24H28N8O3S/c1-4-18-14-35-6-5-31(18)13-22(33)28-17-7-20(15(2)25-9-17)29-23(34)19-10-27-32-12-21(36-24(19)32)16-8-26-30(3)11-16/h7-12,18H,4-6,13-14H2,1-3H3,(H,28,33)(H,29,34)/t18-/m0/s1. The number of ether oxygens (including phenoxy) is 1. The number of nitrogens with zero attached hydrogens (tertiary/aromatic N) is 6. The molecule has 188 valence electrons. The molecule has 1 aliphatic heterocycles. The number of hydrogen-bond donors (Lipinski definition) is 2. The highest BCUT2D eigenvalue weighted by Gasteiger charge is 2.24. The molecule has 5 rings (SSSR count). The lowest BCUT2D eigenvalue weighted by molar-refractivity contribution is -0.119. The van der Waals surface area contributed by atoms with Crippen molar-refractivity contribution in [3.05, 3.63) is 48.3 Å². The van der Waals surface area contributed by atoms with Crippen molar-refractivity contribution in [2.24, 2.45) is 7.05 Å². The number of carbonyl (C=O) groups excluding carboxylic acids is 2. The molecular formula is C24H28N8O3S. The van der Waals surface area contributed by atoms with E-state index in [0.29, 0.717) is 35.8 Å². The molecule has 0 bridgehead atoms. The second-order valence-corrected chi connectivity index (χ2v) is 9.80. The Balaban J connectivity index is 1.29. The molecule has 2 amide bonds. The summed E-state index contributed by atoms with van der Waals surface area (Å²) < 4.78 is 8.94. The van der Waals surface area contributed by atoms with E-state index in [9.17, 15) is 9.59 Å². The highest BCUT2D eigenvalue weighted by Crippen LogP contribution is 2.30. The van der Waals surface area contributed by atoms with Crippen LogP contribution in [0.15, 0.2) is 37.1 Å². The van der Waals surface area contributed by atoms with E-state index in [-0.39, 0.29) is 24.4 Å². The molecule has 0 saturated carbocycles. The SMILES string of the molecule is CC[C@H]1COCCN1CC(=O)Nc1cnc(C)c(NC(=O)c2cnn3cc(-c4cnn(C)c4)sc23)c1. The number of fused-ring (bicyclic) bond motifs is 1. The van der Waals surface area contributed by atoms with Crippen LogP contribution in [0.5, 0.6) is 0 Å². The summed E-state index contributed by atoms with van der Waals surface area (Å²) in [6, 6.07) is 1.96. The van der Waals surface area contributed by atoms with Crippen molar-refractivity contribution in [3.8, 4) is 10.4 Å². The Labute approximate surface area is 212 Å². The lowest BCUT2D eigenvalue weighted by Crippen LogP contribution is -2.48. The largest absolute Gasteiger partial charge is 0.378 e. The Morgan fingerprint density at radius 2 is 2.06 bits per heavy atom. The van der Waals surface area contributed by atoms with Gasteiger partial charge in [0.05, 0.1) is 65.9 Å². The van der Waals surface area contributed by atoms with Gasteiger partial charge in [-0.05, 0) is 19.4 Å². The number of pyridine rings is 1. The lowest BCUT2D eigenvalue weighted by atomic mass is 10.2. The first-order chi connectivity index (χ1) is 17.4. The number of rotatable bonds is 7. The molecule has 2 N–H and O–H groups in total. The van der Waals surface area contributed by atoms with Gasteiger partial charge in [0, 0.05) is 37.6 Å². The van der Waals surface area contributed by atoms with Crippen molar-refractivity contribution < 1.29 is 14.3 Å². The summed E-state index contributed by atoms with van der Waals surface area (Å²) in [5, 5.41) is 14.4. The molecule has 5 heterocycles. The van der Waals surface area contributed by atoms with Crippen LogP contribution < -0.4 is 10.6 Å². The van der Waals surface area contributed by atoms with Crippen LogP contribution in [-0.4, -0.2) is 73.4 Å². The highest BCUT2D eigenvalue weighted by molar-refractivity contribution is 7.21. The van der Waals surface area contributed by atoms with Crippen molar-refractivity contribution in [1.29, 1.82) is 0 Å². The molecule has 0 aliphatic carbocycles. The number of nitrogens with one attached hydrogen (secondary N) is 2. The second kappa shape index (κ2) is 10.2. The number of amides is 2. The van der Waals surface area contributed by atoms with E-state index < -0.39 is 0 Å². The van der Waals surface area contributed by atoms with Crippen molar-refractivity contribution >= 4 is 39.4 Å². The predicted octanol–water partition coefficient (Wildman–Crippen LogP) is 2.80. The maximum Gasteiger partial charge on any atom is 0.260 e. The fraction of sp³-hybridized carbons (Fsp3) is 0.375. The maximum atomic E-state index is 13.1. The first kappa shape index (κ1) is 24.1. The average molecular weight is 509 g/mol. The molecule has 1 atom stereocenters. The summed E-state index contributed by atoms with van der Waals surface area (Å²) in [7, 11) is 1.86. The third kappa shape index (κ3) is 5.01. The van der Waals surface area contributed by atoms with Crippen LogP contribution in [-0.2, 0) is 16.6 Å². The zero-order valence-corrected chi connectivity index (χ0v) is 21.2. The lowest BCUT2D eigenvalue weighted by Gasteiger charge is -2.34. The van der Waals surface area contributed by atoms with Gasteiger partial charge in [0.1, 0.15) is 4.83 Å². The van der Waals surface area contributed by atoms with E-state index in [4.69, 9.17) is 4.74 Å². The minimum atomic E-state index is -0.294. The molecular weight excluding hydrogens is 480 g/mol. The van der Waals surface area contributed by atoms with Gasteiger partial charge in [-0.2, -0.15) is 10.2 Å². The Morgan fingerprint density at radius 1 is 1.19 bits per heavy atom. The van der Waals surface area contributed by atoms with Crippen LogP contribution in [0, 0.1) is 6.92 Å². The molecule has 1 aliphatic rings. The normalized spacial score (nSPS) is 16.4. The number of hydrogen-bond acceptors (Lipinski definition) is 8. The fourth-order valence-corrected chi connectivity index (χ4v) is 5.23. The molecule has 12 heteroatoms. The number of aromatic nitrogens is 5. The number of morpholine rings is 1. The molecule has 0 aromatic carbocycles. The van der Waals surface area contributed by atoms with E-state index in [1.165, 1.54) is 11.3 Å². The van der Waals surface area contributed by atoms with Gasteiger partial charge in [0.15, 0.2) is 0 Å². The van der Waals surface area contributed by atoms with Gasteiger partial charge >= 0.3 is 0 Å². The Hall–Kier alpha value is -3.61. The number of carbonyl (C=O) groups is 2. The fourth-order valence-electron chi connectivity index (χ4n) is 4.20. The quantitative estimate of drug-likeness (QED) is 0.394. The Kier molecular flexibility index (Phi) is 6.81. The molecule has 4 aromatic rings. The minimum absolute atomic E-state index is 0.127. The predicted molar refractivity (Wildman–Crippen MR) is 137 cm³/mol. The van der Waals surface area contributed by atoms with Crippen LogP contribution in [0.25, 0.3) is 15.3 Å². The third-order valence-electron chi connectivity index (χ3n) is 6.22. The van der Waals surface area contributed by atoms with Gasteiger partial charge in [-0.1, -0.05) is 6.92 Å². The van der Waals surface area contributed by atoms with Crippen LogP contribution in [0.1, 0.15) is 29.4 Å². The molecule has 1 fully saturated rings. The molecule has 11 nitrogen and oxygen atoms in total. The number of aryl methyl sites for hydroxylation is 2. The van der Waals surface area contributed by atoms with Crippen LogP contribution >= 0.6 is 11.3 Å². The molecule has 0 spiro atoms. The summed E-state index contributed by atoms with van der Waals surface area (Å²) in [4.78, 5) is 34.0.